The number of fused-ring (bicyclic) bond motifs is 2. The average Bonchev–Trinajstić information content (AvgIpc) is 3.12. The Bertz CT molecular complexity index is 712. The van der Waals surface area contributed by atoms with Gasteiger partial charge in [0.25, 0.3) is 0 Å². The molecule has 22 heavy (non-hydrogen) atoms. The zero-order valence-corrected chi connectivity index (χ0v) is 12.5. The third-order valence-corrected chi connectivity index (χ3v) is 5.11. The van der Waals surface area contributed by atoms with Gasteiger partial charge in [0.1, 0.15) is 5.66 Å². The predicted octanol–water partition coefficient (Wildman–Crippen LogP) is 2.81. The number of aryl methyl sites for hydroxylation is 2. The fraction of sp³-hybridized carbons (Fsp3) is 0.316. The van der Waals surface area contributed by atoms with Crippen LogP contribution in [0.4, 0.5) is 0 Å². The Morgan fingerprint density at radius 1 is 1.00 bits per heavy atom. The molecule has 3 nitrogen and oxygen atoms in total. The zero-order valence-electron chi connectivity index (χ0n) is 12.5. The second kappa shape index (κ2) is 5.25. The number of carbonyl (C=O) groups is 1. The van der Waals surface area contributed by atoms with E-state index in [-0.39, 0.29) is 0 Å². The van der Waals surface area contributed by atoms with Crippen molar-refractivity contribution in [2.24, 2.45) is 0 Å². The van der Waals surface area contributed by atoms with E-state index in [0.717, 1.165) is 32.1 Å². The molecule has 112 valence electrons. The van der Waals surface area contributed by atoms with Gasteiger partial charge in [0, 0.05) is 6.04 Å². The summed E-state index contributed by atoms with van der Waals surface area (Å²) in [7, 11) is 0. The van der Waals surface area contributed by atoms with Crippen molar-refractivity contribution in [3.05, 3.63) is 70.8 Å². The summed E-state index contributed by atoms with van der Waals surface area (Å²) in [6.45, 7) is 0. The van der Waals surface area contributed by atoms with Crippen LogP contribution in [0, 0.1) is 0 Å². The minimum absolute atomic E-state index is 0.301. The van der Waals surface area contributed by atoms with Gasteiger partial charge in [0.15, 0.2) is 0 Å². The van der Waals surface area contributed by atoms with Crippen LogP contribution in [0.15, 0.2) is 48.5 Å². The van der Waals surface area contributed by atoms with Crippen molar-refractivity contribution < 1.29 is 4.79 Å². The maximum absolute atomic E-state index is 11.2. The van der Waals surface area contributed by atoms with Crippen LogP contribution in [0.5, 0.6) is 0 Å². The number of hydrogen-bond acceptors (Lipinski definition) is 2. The Morgan fingerprint density at radius 2 is 1.77 bits per heavy atom. The molecule has 2 aromatic rings. The molecule has 0 radical (unpaired) electrons. The van der Waals surface area contributed by atoms with E-state index in [0.29, 0.717) is 6.04 Å². The van der Waals surface area contributed by atoms with Crippen molar-refractivity contribution in [3.63, 3.8) is 0 Å². The lowest BCUT2D eigenvalue weighted by Crippen LogP contribution is -2.53. The predicted molar refractivity (Wildman–Crippen MR) is 86.3 cm³/mol. The van der Waals surface area contributed by atoms with Crippen molar-refractivity contribution in [1.82, 2.24) is 10.6 Å². The highest BCUT2D eigenvalue weighted by atomic mass is 16.1. The Labute approximate surface area is 130 Å². The molecule has 2 aliphatic rings. The molecule has 2 N–H and O–H groups in total. The fourth-order valence-corrected chi connectivity index (χ4v) is 4.06. The lowest BCUT2D eigenvalue weighted by atomic mass is 9.98. The Kier molecular flexibility index (Phi) is 3.23. The third kappa shape index (κ3) is 2.04. The lowest BCUT2D eigenvalue weighted by molar-refractivity contribution is -0.111. The smallest absolute Gasteiger partial charge is 0.208 e. The first-order valence-electron chi connectivity index (χ1n) is 7.98. The van der Waals surface area contributed by atoms with E-state index in [4.69, 9.17) is 0 Å². The molecule has 2 unspecified atom stereocenters. The van der Waals surface area contributed by atoms with E-state index in [2.05, 4.69) is 59.2 Å². The van der Waals surface area contributed by atoms with Gasteiger partial charge in [0.2, 0.25) is 6.41 Å². The number of nitrogens with one attached hydrogen (secondary N) is 2. The van der Waals surface area contributed by atoms with Crippen LogP contribution in [0.25, 0.3) is 0 Å². The highest BCUT2D eigenvalue weighted by Crippen LogP contribution is 2.39. The second-order valence-electron chi connectivity index (χ2n) is 6.26. The Balaban J connectivity index is 1.69. The first kappa shape index (κ1) is 13.5. The number of rotatable bonds is 4. The normalized spacial score (nSPS) is 25.5. The van der Waals surface area contributed by atoms with Gasteiger partial charge >= 0.3 is 0 Å². The molecule has 2 aliphatic carbocycles. The van der Waals surface area contributed by atoms with E-state index in [9.17, 15) is 4.79 Å². The summed E-state index contributed by atoms with van der Waals surface area (Å²) in [5, 5.41) is 6.84. The summed E-state index contributed by atoms with van der Waals surface area (Å²) < 4.78 is 0. The summed E-state index contributed by atoms with van der Waals surface area (Å²) in [6.07, 6.45) is 4.93. The largest absolute Gasteiger partial charge is 0.337 e. The average molecular weight is 292 g/mol. The molecule has 0 saturated heterocycles. The molecule has 0 bridgehead atoms. The highest BCUT2D eigenvalue weighted by Gasteiger charge is 2.41. The van der Waals surface area contributed by atoms with Crippen molar-refractivity contribution in [2.75, 3.05) is 0 Å². The molecule has 0 fully saturated rings. The molecule has 0 heterocycles. The molecule has 4 rings (SSSR count). The van der Waals surface area contributed by atoms with Gasteiger partial charge in [-0.3, -0.25) is 10.1 Å². The van der Waals surface area contributed by atoms with Crippen LogP contribution >= 0.6 is 0 Å². The molecular formula is C19H20N2O. The highest BCUT2D eigenvalue weighted by molar-refractivity contribution is 5.52. The van der Waals surface area contributed by atoms with Crippen LogP contribution in [-0.2, 0) is 23.3 Å². The number of carbonyl (C=O) groups excluding carboxylic acids is 1. The van der Waals surface area contributed by atoms with E-state index < -0.39 is 5.66 Å². The van der Waals surface area contributed by atoms with E-state index >= 15 is 0 Å². The Hall–Kier alpha value is -2.13. The summed E-state index contributed by atoms with van der Waals surface area (Å²) >= 11 is 0. The van der Waals surface area contributed by atoms with Gasteiger partial charge in [-0.1, -0.05) is 48.5 Å². The van der Waals surface area contributed by atoms with E-state index in [1.165, 1.54) is 22.3 Å². The van der Waals surface area contributed by atoms with E-state index in [1.807, 2.05) is 0 Å². The first-order valence-corrected chi connectivity index (χ1v) is 7.98. The molecule has 2 aromatic carbocycles. The topological polar surface area (TPSA) is 41.1 Å². The molecular weight excluding hydrogens is 272 g/mol. The number of amides is 1. The van der Waals surface area contributed by atoms with Crippen molar-refractivity contribution in [1.29, 1.82) is 0 Å². The van der Waals surface area contributed by atoms with Crippen LogP contribution in [0.2, 0.25) is 0 Å². The van der Waals surface area contributed by atoms with Gasteiger partial charge in [-0.2, -0.15) is 0 Å². The summed E-state index contributed by atoms with van der Waals surface area (Å²) in [4.78, 5) is 11.2. The second-order valence-corrected chi connectivity index (χ2v) is 6.26. The monoisotopic (exact) mass is 292 g/mol. The van der Waals surface area contributed by atoms with Gasteiger partial charge in [-0.15, -0.1) is 0 Å². The van der Waals surface area contributed by atoms with Crippen LogP contribution in [-0.4, -0.2) is 6.41 Å². The van der Waals surface area contributed by atoms with Crippen LogP contribution in [0.3, 0.4) is 0 Å². The summed E-state index contributed by atoms with van der Waals surface area (Å²) in [6, 6.07) is 17.3. The molecule has 0 aromatic heterocycles. The van der Waals surface area contributed by atoms with E-state index in [1.54, 1.807) is 0 Å². The minimum Gasteiger partial charge on any atom is -0.337 e. The van der Waals surface area contributed by atoms with Gasteiger partial charge in [-0.05, 0) is 47.9 Å². The van der Waals surface area contributed by atoms with Crippen LogP contribution < -0.4 is 10.6 Å². The third-order valence-electron chi connectivity index (χ3n) is 5.11. The zero-order chi connectivity index (χ0) is 15.0. The number of benzene rings is 2. The summed E-state index contributed by atoms with van der Waals surface area (Å²) in [5.74, 6) is 0. The lowest BCUT2D eigenvalue weighted by Gasteiger charge is -2.34. The van der Waals surface area contributed by atoms with Crippen molar-refractivity contribution in [2.45, 2.75) is 37.4 Å². The molecule has 0 spiro atoms. The number of hydrogen-bond donors (Lipinski definition) is 2. The fourth-order valence-electron chi connectivity index (χ4n) is 4.06. The SMILES string of the molecule is O=CNC1(NC2CCc3ccccc32)CCc2ccccc21. The van der Waals surface area contributed by atoms with Gasteiger partial charge < -0.3 is 5.32 Å². The van der Waals surface area contributed by atoms with Crippen molar-refractivity contribution >= 4 is 6.41 Å². The maximum atomic E-state index is 11.2. The van der Waals surface area contributed by atoms with Gasteiger partial charge in [-0.25, -0.2) is 0 Å². The van der Waals surface area contributed by atoms with Crippen LogP contribution in [0.1, 0.15) is 41.1 Å². The summed E-state index contributed by atoms with van der Waals surface area (Å²) in [5.41, 5.74) is 4.91. The maximum Gasteiger partial charge on any atom is 0.208 e. The molecule has 0 saturated carbocycles. The quantitative estimate of drug-likeness (QED) is 0.672. The first-order chi connectivity index (χ1) is 10.8. The van der Waals surface area contributed by atoms with Gasteiger partial charge in [0.05, 0.1) is 0 Å². The molecule has 1 amide bonds. The molecule has 0 aliphatic heterocycles. The molecule has 2 atom stereocenters. The van der Waals surface area contributed by atoms with Crippen molar-refractivity contribution in [3.8, 4) is 0 Å². The minimum atomic E-state index is -0.430. The Morgan fingerprint density at radius 3 is 2.64 bits per heavy atom. The standard InChI is InChI=1S/C19H20N2O/c22-13-20-19(12-11-15-6-2-4-8-17(15)19)21-18-10-9-14-5-1-3-7-16(14)18/h1-8,13,18,21H,9-12H2,(H,20,22). The molecule has 3 heteroatoms.